The summed E-state index contributed by atoms with van der Waals surface area (Å²) in [7, 11) is -3.49. The molecule has 24 heavy (non-hydrogen) atoms. The molecule has 0 radical (unpaired) electrons. The number of nitrogens with zero attached hydrogens (tertiary/aromatic N) is 1. The Balaban J connectivity index is 2.82. The molecule has 1 aromatic carbocycles. The highest BCUT2D eigenvalue weighted by Crippen LogP contribution is 2.41. The highest BCUT2D eigenvalue weighted by Gasteiger charge is 2.23. The fraction of sp³-hybridized carbons (Fsp3) is 0.312. The topological polar surface area (TPSA) is 82.3 Å². The fourth-order valence-corrected chi connectivity index (χ4v) is 3.09. The van der Waals surface area contributed by atoms with E-state index in [9.17, 15) is 12.8 Å². The van der Waals surface area contributed by atoms with Gasteiger partial charge in [0.1, 0.15) is 5.75 Å². The molecule has 130 valence electrons. The van der Waals surface area contributed by atoms with Gasteiger partial charge in [0.25, 0.3) is 0 Å². The quantitative estimate of drug-likeness (QED) is 0.870. The minimum Gasteiger partial charge on any atom is -0.493 e. The van der Waals surface area contributed by atoms with Gasteiger partial charge in [-0.15, -0.1) is 0 Å². The van der Waals surface area contributed by atoms with Crippen LogP contribution in [0, 0.1) is 5.82 Å². The SMILES string of the molecule is CCOc1c(C(C)N)cc(Cl)c(F)c1-c1cncc(S(C)(=O)=O)c1. The maximum absolute atomic E-state index is 14.7. The van der Waals surface area contributed by atoms with Crippen molar-refractivity contribution in [3.8, 4) is 16.9 Å². The predicted molar refractivity (Wildman–Crippen MR) is 91.5 cm³/mol. The van der Waals surface area contributed by atoms with E-state index in [2.05, 4.69) is 4.98 Å². The number of hydrogen-bond donors (Lipinski definition) is 1. The van der Waals surface area contributed by atoms with Gasteiger partial charge in [-0.2, -0.15) is 0 Å². The second kappa shape index (κ2) is 7.04. The first-order chi connectivity index (χ1) is 11.2. The summed E-state index contributed by atoms with van der Waals surface area (Å²) in [5.74, 6) is -0.473. The summed E-state index contributed by atoms with van der Waals surface area (Å²) in [6.45, 7) is 3.76. The van der Waals surface area contributed by atoms with Crippen molar-refractivity contribution < 1.29 is 17.5 Å². The van der Waals surface area contributed by atoms with Gasteiger partial charge in [-0.1, -0.05) is 11.6 Å². The van der Waals surface area contributed by atoms with Crippen molar-refractivity contribution in [1.82, 2.24) is 4.98 Å². The third-order valence-electron chi connectivity index (χ3n) is 3.41. The van der Waals surface area contributed by atoms with Gasteiger partial charge in [-0.25, -0.2) is 12.8 Å². The standard InChI is InChI=1S/C16H18ClFN2O3S/c1-4-23-16-12(9(2)19)6-13(17)15(18)14(16)10-5-11(8-20-7-10)24(3,21)22/h5-9H,4,19H2,1-3H3. The van der Waals surface area contributed by atoms with E-state index in [1.165, 1.54) is 24.5 Å². The molecule has 0 bridgehead atoms. The second-order valence-electron chi connectivity index (χ2n) is 5.37. The van der Waals surface area contributed by atoms with E-state index < -0.39 is 21.7 Å². The molecule has 0 saturated heterocycles. The van der Waals surface area contributed by atoms with Crippen LogP contribution in [0.2, 0.25) is 5.02 Å². The van der Waals surface area contributed by atoms with Crippen LogP contribution in [0.25, 0.3) is 11.1 Å². The number of aromatic nitrogens is 1. The van der Waals surface area contributed by atoms with Crippen molar-refractivity contribution in [3.63, 3.8) is 0 Å². The molecule has 0 aliphatic heterocycles. The number of halogens is 2. The minimum absolute atomic E-state index is 0.0239. The van der Waals surface area contributed by atoms with E-state index in [0.29, 0.717) is 5.56 Å². The van der Waals surface area contributed by atoms with Gasteiger partial charge in [-0.3, -0.25) is 4.98 Å². The van der Waals surface area contributed by atoms with Crippen LogP contribution in [0.5, 0.6) is 5.75 Å². The maximum Gasteiger partial charge on any atom is 0.177 e. The van der Waals surface area contributed by atoms with Gasteiger partial charge in [-0.05, 0) is 26.0 Å². The number of sulfone groups is 1. The molecule has 5 nitrogen and oxygen atoms in total. The maximum atomic E-state index is 14.7. The molecule has 0 saturated carbocycles. The first kappa shape index (κ1) is 18.6. The van der Waals surface area contributed by atoms with Gasteiger partial charge >= 0.3 is 0 Å². The molecule has 1 heterocycles. The monoisotopic (exact) mass is 372 g/mol. The Morgan fingerprint density at radius 3 is 2.58 bits per heavy atom. The van der Waals surface area contributed by atoms with E-state index >= 15 is 0 Å². The number of pyridine rings is 1. The molecular formula is C16H18ClFN2O3S. The van der Waals surface area contributed by atoms with Crippen molar-refractivity contribution in [2.75, 3.05) is 12.9 Å². The third kappa shape index (κ3) is 3.68. The van der Waals surface area contributed by atoms with E-state index in [1.807, 2.05) is 0 Å². The Morgan fingerprint density at radius 2 is 2.04 bits per heavy atom. The van der Waals surface area contributed by atoms with E-state index in [1.54, 1.807) is 13.8 Å². The zero-order valence-electron chi connectivity index (χ0n) is 13.5. The molecule has 2 rings (SSSR count). The summed E-state index contributed by atoms with van der Waals surface area (Å²) in [5.41, 5.74) is 6.77. The third-order valence-corrected chi connectivity index (χ3v) is 4.76. The molecule has 2 aromatic rings. The zero-order chi connectivity index (χ0) is 18.1. The summed E-state index contributed by atoms with van der Waals surface area (Å²) in [6, 6.07) is 2.31. The second-order valence-corrected chi connectivity index (χ2v) is 7.79. The summed E-state index contributed by atoms with van der Waals surface area (Å²) in [6.07, 6.45) is 3.62. The van der Waals surface area contributed by atoms with Crippen LogP contribution in [0.4, 0.5) is 4.39 Å². The van der Waals surface area contributed by atoms with Gasteiger partial charge in [0.05, 0.1) is 22.1 Å². The molecule has 1 aromatic heterocycles. The van der Waals surface area contributed by atoms with Crippen LogP contribution in [0.15, 0.2) is 29.4 Å². The molecule has 1 unspecified atom stereocenters. The van der Waals surface area contributed by atoms with Crippen LogP contribution >= 0.6 is 11.6 Å². The van der Waals surface area contributed by atoms with Crippen molar-refractivity contribution >= 4 is 21.4 Å². The van der Waals surface area contributed by atoms with Crippen molar-refractivity contribution in [1.29, 1.82) is 0 Å². The number of benzene rings is 1. The average molecular weight is 373 g/mol. The fourth-order valence-electron chi connectivity index (χ4n) is 2.28. The first-order valence-corrected chi connectivity index (χ1v) is 9.49. The molecule has 0 spiro atoms. The lowest BCUT2D eigenvalue weighted by Crippen LogP contribution is -2.10. The smallest absolute Gasteiger partial charge is 0.177 e. The lowest BCUT2D eigenvalue weighted by atomic mass is 9.98. The molecule has 0 aliphatic carbocycles. The van der Waals surface area contributed by atoms with E-state index in [4.69, 9.17) is 22.1 Å². The van der Waals surface area contributed by atoms with Gasteiger partial charge in [0.2, 0.25) is 0 Å². The number of rotatable bonds is 5. The highest BCUT2D eigenvalue weighted by molar-refractivity contribution is 7.90. The normalized spacial score (nSPS) is 12.9. The largest absolute Gasteiger partial charge is 0.493 e. The summed E-state index contributed by atoms with van der Waals surface area (Å²) >= 11 is 5.99. The Labute approximate surface area is 145 Å². The summed E-state index contributed by atoms with van der Waals surface area (Å²) in [4.78, 5) is 3.87. The molecule has 0 aliphatic rings. The van der Waals surface area contributed by atoms with Crippen molar-refractivity contribution in [3.05, 3.63) is 40.9 Å². The van der Waals surface area contributed by atoms with Crippen LogP contribution < -0.4 is 10.5 Å². The minimum atomic E-state index is -3.49. The molecule has 0 amide bonds. The van der Waals surface area contributed by atoms with Crippen LogP contribution in [-0.2, 0) is 9.84 Å². The first-order valence-electron chi connectivity index (χ1n) is 7.22. The van der Waals surface area contributed by atoms with Gasteiger partial charge in [0.15, 0.2) is 15.7 Å². The van der Waals surface area contributed by atoms with Crippen LogP contribution in [0.1, 0.15) is 25.5 Å². The molecule has 1 atom stereocenters. The lowest BCUT2D eigenvalue weighted by molar-refractivity contribution is 0.334. The van der Waals surface area contributed by atoms with E-state index in [-0.39, 0.29) is 33.4 Å². The van der Waals surface area contributed by atoms with Gasteiger partial charge in [0, 0.05) is 35.8 Å². The number of hydrogen-bond acceptors (Lipinski definition) is 5. The zero-order valence-corrected chi connectivity index (χ0v) is 15.1. The van der Waals surface area contributed by atoms with Crippen LogP contribution in [0.3, 0.4) is 0 Å². The Bertz CT molecular complexity index is 870. The van der Waals surface area contributed by atoms with Gasteiger partial charge < -0.3 is 10.5 Å². The molecular weight excluding hydrogens is 355 g/mol. The van der Waals surface area contributed by atoms with E-state index in [0.717, 1.165) is 6.26 Å². The molecule has 8 heteroatoms. The highest BCUT2D eigenvalue weighted by atomic mass is 35.5. The number of ether oxygens (including phenoxy) is 1. The predicted octanol–water partition coefficient (Wildman–Crippen LogP) is 3.36. The average Bonchev–Trinajstić information content (AvgIpc) is 2.50. The summed E-state index contributed by atoms with van der Waals surface area (Å²) < 4.78 is 43.8. The Morgan fingerprint density at radius 1 is 1.38 bits per heavy atom. The summed E-state index contributed by atoms with van der Waals surface area (Å²) in [5, 5.41) is -0.120. The molecule has 0 fully saturated rings. The lowest BCUT2D eigenvalue weighted by Gasteiger charge is -2.19. The van der Waals surface area contributed by atoms with Crippen LogP contribution in [-0.4, -0.2) is 26.3 Å². The Hall–Kier alpha value is -1.70. The molecule has 2 N–H and O–H groups in total. The van der Waals surface area contributed by atoms with Crippen molar-refractivity contribution in [2.45, 2.75) is 24.8 Å². The number of nitrogens with two attached hydrogens (primary N) is 1. The Kier molecular flexibility index (Phi) is 5.47. The van der Waals surface area contributed by atoms with Crippen molar-refractivity contribution in [2.24, 2.45) is 5.73 Å².